The molecule has 0 radical (unpaired) electrons. The molecule has 178 valence electrons. The molecule has 10 heteroatoms. The second-order valence-electron chi connectivity index (χ2n) is 9.08. The Morgan fingerprint density at radius 1 is 1.21 bits per heavy atom. The van der Waals surface area contributed by atoms with Crippen LogP contribution in [-0.2, 0) is 24.3 Å². The molecular weight excluding hydrogens is 439 g/mol. The third-order valence-electron chi connectivity index (χ3n) is 6.72. The van der Waals surface area contributed by atoms with Crippen LogP contribution in [0.4, 0.5) is 10.2 Å². The number of nitrogens with one attached hydrogen (secondary N) is 1. The number of anilines is 1. The predicted molar refractivity (Wildman–Crippen MR) is 123 cm³/mol. The number of aryl methyl sites for hydroxylation is 1. The largest absolute Gasteiger partial charge is 0.332 e. The number of halogens is 1. The highest BCUT2D eigenvalue weighted by atomic mass is 19.1. The van der Waals surface area contributed by atoms with E-state index in [1.165, 1.54) is 23.1 Å². The first kappa shape index (κ1) is 22.2. The van der Waals surface area contributed by atoms with Gasteiger partial charge in [0.25, 0.3) is 11.5 Å². The van der Waals surface area contributed by atoms with Gasteiger partial charge in [0.1, 0.15) is 29.5 Å². The molecule has 3 aromatic rings. The molecule has 3 aromatic heterocycles. The first-order valence-corrected chi connectivity index (χ1v) is 11.8. The number of hydrogen-bond acceptors (Lipinski definition) is 5. The van der Waals surface area contributed by atoms with Crippen molar-refractivity contribution in [1.29, 1.82) is 0 Å². The zero-order valence-corrected chi connectivity index (χ0v) is 19.1. The van der Waals surface area contributed by atoms with E-state index < -0.39 is 11.7 Å². The summed E-state index contributed by atoms with van der Waals surface area (Å²) < 4.78 is 16.0. The van der Waals surface area contributed by atoms with E-state index in [9.17, 15) is 18.8 Å². The van der Waals surface area contributed by atoms with E-state index in [1.807, 2.05) is 6.92 Å². The predicted octanol–water partition coefficient (Wildman–Crippen LogP) is 2.77. The quantitative estimate of drug-likeness (QED) is 0.602. The third kappa shape index (κ3) is 4.08. The van der Waals surface area contributed by atoms with Crippen LogP contribution in [0.15, 0.2) is 29.2 Å². The van der Waals surface area contributed by atoms with E-state index in [-0.39, 0.29) is 36.1 Å². The molecule has 9 nitrogen and oxygen atoms in total. The van der Waals surface area contributed by atoms with Gasteiger partial charge >= 0.3 is 0 Å². The van der Waals surface area contributed by atoms with Crippen LogP contribution in [0.1, 0.15) is 60.8 Å². The topological polar surface area (TPSA) is 102 Å². The van der Waals surface area contributed by atoms with E-state index in [4.69, 9.17) is 0 Å². The molecule has 1 fully saturated rings. The molecule has 34 heavy (non-hydrogen) atoms. The molecule has 4 heterocycles. The first-order valence-electron chi connectivity index (χ1n) is 11.8. The Balaban J connectivity index is 1.50. The highest BCUT2D eigenvalue weighted by Crippen LogP contribution is 2.29. The molecule has 0 aromatic carbocycles. The number of carbonyl (C=O) groups excluding carboxylic acids is 2. The maximum atomic E-state index is 13.5. The number of amides is 2. The van der Waals surface area contributed by atoms with Crippen molar-refractivity contribution >= 4 is 23.3 Å². The number of carbonyl (C=O) groups is 2. The zero-order chi connectivity index (χ0) is 23.8. The van der Waals surface area contributed by atoms with Crippen LogP contribution in [0.2, 0.25) is 0 Å². The summed E-state index contributed by atoms with van der Waals surface area (Å²) in [7, 11) is 0. The molecule has 2 amide bonds. The molecule has 0 spiro atoms. The van der Waals surface area contributed by atoms with Crippen molar-refractivity contribution in [3.8, 4) is 0 Å². The minimum Gasteiger partial charge on any atom is -0.332 e. The minimum absolute atomic E-state index is 0.202. The standard InChI is InChI=1S/C24H27FN6O3/c1-2-17-10-21-30(14-20(32)27-19-9-8-16(25)11-26-19)22-18(23(33)31(21)28-17)13-29(24(22)34)12-15-6-4-3-5-7-15/h8-11,15H,2-7,12-14H2,1H3,(H,26,27,32). The van der Waals surface area contributed by atoms with Gasteiger partial charge in [0.2, 0.25) is 5.91 Å². The molecular formula is C24H27FN6O3. The molecule has 0 bridgehead atoms. The van der Waals surface area contributed by atoms with Crippen molar-refractivity contribution in [2.75, 3.05) is 11.9 Å². The Morgan fingerprint density at radius 3 is 2.71 bits per heavy atom. The zero-order valence-electron chi connectivity index (χ0n) is 19.1. The summed E-state index contributed by atoms with van der Waals surface area (Å²) in [6.07, 6.45) is 7.35. The van der Waals surface area contributed by atoms with Gasteiger partial charge in [0.05, 0.1) is 24.0 Å². The summed E-state index contributed by atoms with van der Waals surface area (Å²) in [5.74, 6) is -0.544. The van der Waals surface area contributed by atoms with Crippen LogP contribution in [0.3, 0.4) is 0 Å². The van der Waals surface area contributed by atoms with Crippen molar-refractivity contribution in [2.24, 2.45) is 5.92 Å². The normalized spacial score (nSPS) is 16.3. The van der Waals surface area contributed by atoms with E-state index >= 15 is 0 Å². The Kier molecular flexibility index (Phi) is 5.89. The third-order valence-corrected chi connectivity index (χ3v) is 6.72. The lowest BCUT2D eigenvalue weighted by Crippen LogP contribution is -2.32. The molecule has 1 aliphatic carbocycles. The highest BCUT2D eigenvalue weighted by Gasteiger charge is 2.36. The SMILES string of the molecule is CCc1cc2n(CC(=O)Nc3ccc(F)cn3)c3c(c(=O)n2n1)CN(CC1CCCCC1)C3=O. The first-order chi connectivity index (χ1) is 16.4. The second kappa shape index (κ2) is 9.00. The number of rotatable bonds is 6. The van der Waals surface area contributed by atoms with Crippen LogP contribution in [0, 0.1) is 11.7 Å². The average molecular weight is 467 g/mol. The maximum Gasteiger partial charge on any atom is 0.280 e. The summed E-state index contributed by atoms with van der Waals surface area (Å²) in [4.78, 5) is 45.2. The van der Waals surface area contributed by atoms with Crippen LogP contribution in [0.5, 0.6) is 0 Å². The van der Waals surface area contributed by atoms with Gasteiger partial charge in [0, 0.05) is 12.6 Å². The molecule has 1 aliphatic heterocycles. The summed E-state index contributed by atoms with van der Waals surface area (Å²) >= 11 is 0. The lowest BCUT2D eigenvalue weighted by Gasteiger charge is -2.26. The fourth-order valence-electron chi connectivity index (χ4n) is 5.00. The Bertz CT molecular complexity index is 1310. The van der Waals surface area contributed by atoms with Crippen molar-refractivity contribution in [1.82, 2.24) is 24.1 Å². The van der Waals surface area contributed by atoms with Gasteiger partial charge in [-0.25, -0.2) is 9.37 Å². The van der Waals surface area contributed by atoms with Gasteiger partial charge in [-0.15, -0.1) is 0 Å². The summed E-state index contributed by atoms with van der Waals surface area (Å²) in [5, 5.41) is 7.03. The molecule has 1 N–H and O–H groups in total. The fourth-order valence-corrected chi connectivity index (χ4v) is 5.00. The molecule has 1 saturated carbocycles. The van der Waals surface area contributed by atoms with Gasteiger partial charge in [-0.1, -0.05) is 26.2 Å². The van der Waals surface area contributed by atoms with Crippen molar-refractivity contribution in [3.63, 3.8) is 0 Å². The minimum atomic E-state index is -0.507. The van der Waals surface area contributed by atoms with Crippen LogP contribution >= 0.6 is 0 Å². The summed E-state index contributed by atoms with van der Waals surface area (Å²) in [5.41, 5.74) is 1.39. The average Bonchev–Trinajstić information content (AvgIpc) is 3.41. The number of fused-ring (bicyclic) bond motifs is 2. The van der Waals surface area contributed by atoms with Gasteiger partial charge in [-0.05, 0) is 37.3 Å². The Labute approximate surface area is 195 Å². The lowest BCUT2D eigenvalue weighted by atomic mass is 9.89. The second-order valence-corrected chi connectivity index (χ2v) is 9.08. The molecule has 0 atom stereocenters. The lowest BCUT2D eigenvalue weighted by molar-refractivity contribution is -0.116. The van der Waals surface area contributed by atoms with Crippen molar-refractivity contribution in [2.45, 2.75) is 58.5 Å². The summed E-state index contributed by atoms with van der Waals surface area (Å²) in [6.45, 7) is 2.56. The van der Waals surface area contributed by atoms with Crippen molar-refractivity contribution in [3.05, 3.63) is 57.5 Å². The van der Waals surface area contributed by atoms with E-state index in [0.29, 0.717) is 35.8 Å². The molecule has 0 unspecified atom stereocenters. The van der Waals surface area contributed by atoms with E-state index in [0.717, 1.165) is 31.9 Å². The van der Waals surface area contributed by atoms with Gasteiger partial charge in [-0.3, -0.25) is 14.4 Å². The van der Waals surface area contributed by atoms with E-state index in [2.05, 4.69) is 15.4 Å². The van der Waals surface area contributed by atoms with Crippen LogP contribution in [0.25, 0.3) is 5.65 Å². The van der Waals surface area contributed by atoms with Gasteiger partial charge in [-0.2, -0.15) is 9.61 Å². The van der Waals surface area contributed by atoms with E-state index in [1.54, 1.807) is 15.5 Å². The number of hydrogen-bond donors (Lipinski definition) is 1. The Hall–Kier alpha value is -3.56. The van der Waals surface area contributed by atoms with Crippen molar-refractivity contribution < 1.29 is 14.0 Å². The van der Waals surface area contributed by atoms with Crippen LogP contribution < -0.4 is 10.9 Å². The molecule has 2 aliphatic rings. The summed E-state index contributed by atoms with van der Waals surface area (Å²) in [6, 6.07) is 4.31. The number of pyridine rings is 1. The highest BCUT2D eigenvalue weighted by molar-refractivity contribution is 5.98. The van der Waals surface area contributed by atoms with Gasteiger partial charge in [0.15, 0.2) is 0 Å². The monoisotopic (exact) mass is 466 g/mol. The van der Waals surface area contributed by atoms with Crippen LogP contribution in [-0.4, -0.2) is 42.4 Å². The maximum absolute atomic E-state index is 13.5. The Morgan fingerprint density at radius 2 is 2.00 bits per heavy atom. The molecule has 0 saturated heterocycles. The smallest absolute Gasteiger partial charge is 0.280 e. The number of nitrogens with zero attached hydrogens (tertiary/aromatic N) is 5. The number of aromatic nitrogens is 4. The fraction of sp³-hybridized carbons (Fsp3) is 0.458. The molecule has 5 rings (SSSR count). The van der Waals surface area contributed by atoms with Gasteiger partial charge < -0.3 is 14.8 Å².